The van der Waals surface area contributed by atoms with Crippen LogP contribution in [0.3, 0.4) is 0 Å². The number of hydrogen-bond acceptors (Lipinski definition) is 5. The number of halogens is 1. The number of benzene rings is 1. The first-order chi connectivity index (χ1) is 10.7. The summed E-state index contributed by atoms with van der Waals surface area (Å²) in [5.74, 6) is -1.19. The maximum Gasteiger partial charge on any atom is 0.408 e. The van der Waals surface area contributed by atoms with E-state index in [1.807, 2.05) is 0 Å². The molecule has 0 aliphatic heterocycles. The van der Waals surface area contributed by atoms with Gasteiger partial charge in [-0.1, -0.05) is 12.1 Å². The van der Waals surface area contributed by atoms with Gasteiger partial charge in [0.15, 0.2) is 11.6 Å². The molecule has 0 aliphatic rings. The van der Waals surface area contributed by atoms with Crippen LogP contribution in [0.1, 0.15) is 26.3 Å². The maximum atomic E-state index is 13.7. The highest BCUT2D eigenvalue weighted by Gasteiger charge is 2.26. The number of rotatable bonds is 5. The molecule has 1 N–H and O–H groups in total. The zero-order valence-electron chi connectivity index (χ0n) is 13.9. The molecule has 23 heavy (non-hydrogen) atoms. The molecule has 0 radical (unpaired) electrons. The first kappa shape index (κ1) is 18.7. The molecule has 1 atom stereocenters. The largest absolute Gasteiger partial charge is 0.493 e. The van der Waals surface area contributed by atoms with Gasteiger partial charge in [-0.15, -0.1) is 0 Å². The number of nitrogens with one attached hydrogen (secondary N) is 1. The van der Waals surface area contributed by atoms with E-state index >= 15 is 0 Å². The minimum atomic E-state index is -1.02. The molecule has 0 aromatic heterocycles. The van der Waals surface area contributed by atoms with Crippen LogP contribution in [0.25, 0.3) is 0 Å². The van der Waals surface area contributed by atoms with Crippen LogP contribution in [0, 0.1) is 5.82 Å². The summed E-state index contributed by atoms with van der Waals surface area (Å²) in [5.41, 5.74) is -0.277. The van der Waals surface area contributed by atoms with Crippen molar-refractivity contribution in [3.05, 3.63) is 29.6 Å². The lowest BCUT2D eigenvalue weighted by Gasteiger charge is -2.23. The van der Waals surface area contributed by atoms with E-state index in [2.05, 4.69) is 10.1 Å². The molecule has 0 saturated carbocycles. The van der Waals surface area contributed by atoms with Crippen molar-refractivity contribution in [2.75, 3.05) is 14.2 Å². The summed E-state index contributed by atoms with van der Waals surface area (Å²) in [6.07, 6.45) is -0.754. The molecule has 1 unspecified atom stereocenters. The minimum Gasteiger partial charge on any atom is -0.493 e. The lowest BCUT2D eigenvalue weighted by molar-refractivity contribution is -0.143. The molecule has 0 saturated heterocycles. The number of ether oxygens (including phenoxy) is 3. The van der Waals surface area contributed by atoms with Gasteiger partial charge in [0.2, 0.25) is 0 Å². The van der Waals surface area contributed by atoms with Crippen molar-refractivity contribution in [2.45, 2.75) is 38.8 Å². The van der Waals surface area contributed by atoms with Crippen LogP contribution in [-0.4, -0.2) is 37.9 Å². The Labute approximate surface area is 134 Å². The predicted molar refractivity (Wildman–Crippen MR) is 81.8 cm³/mol. The fourth-order valence-corrected chi connectivity index (χ4v) is 1.95. The molecule has 1 amide bonds. The highest BCUT2D eigenvalue weighted by atomic mass is 18.2. The van der Waals surface area contributed by atoms with E-state index in [0.717, 1.165) is 0 Å². The van der Waals surface area contributed by atoms with Crippen LogP contribution >= 0.6 is 0 Å². The summed E-state index contributed by atoms with van der Waals surface area (Å²) in [4.78, 5) is 23.7. The van der Waals surface area contributed by atoms with Crippen LogP contribution in [0.4, 0.5) is 9.18 Å². The summed E-state index contributed by atoms with van der Waals surface area (Å²) in [5, 5.41) is 2.43. The quantitative estimate of drug-likeness (QED) is 0.841. The Hall–Kier alpha value is -2.31. The average molecular weight is 326 g/mol. The maximum absolute atomic E-state index is 13.7. The number of amides is 1. The Morgan fingerprint density at radius 3 is 2.43 bits per heavy atom. The molecule has 128 valence electrons. The topological polar surface area (TPSA) is 73.9 Å². The fourth-order valence-electron chi connectivity index (χ4n) is 1.95. The normalized spacial score (nSPS) is 12.3. The summed E-state index contributed by atoms with van der Waals surface area (Å²) < 4.78 is 28.5. The summed E-state index contributed by atoms with van der Waals surface area (Å²) in [6.45, 7) is 5.11. The Bertz CT molecular complexity index is 568. The summed E-state index contributed by atoms with van der Waals surface area (Å²) >= 11 is 0. The van der Waals surface area contributed by atoms with Crippen molar-refractivity contribution < 1.29 is 28.2 Å². The number of para-hydroxylation sites is 1. The summed E-state index contributed by atoms with van der Waals surface area (Å²) in [6, 6.07) is 3.32. The first-order valence-electron chi connectivity index (χ1n) is 7.06. The van der Waals surface area contributed by atoms with Crippen molar-refractivity contribution in [3.8, 4) is 5.75 Å². The van der Waals surface area contributed by atoms with Crippen molar-refractivity contribution in [3.63, 3.8) is 0 Å². The summed E-state index contributed by atoms with van der Waals surface area (Å²) in [7, 11) is 2.53. The van der Waals surface area contributed by atoms with E-state index < -0.39 is 29.5 Å². The Balaban J connectivity index is 2.94. The van der Waals surface area contributed by atoms with Crippen LogP contribution in [-0.2, 0) is 20.7 Å². The number of carbonyl (C=O) groups is 2. The van der Waals surface area contributed by atoms with Gasteiger partial charge in [-0.3, -0.25) is 0 Å². The second-order valence-electron chi connectivity index (χ2n) is 5.86. The Morgan fingerprint density at radius 1 is 1.26 bits per heavy atom. The minimum absolute atomic E-state index is 0.00680. The smallest absolute Gasteiger partial charge is 0.408 e. The highest BCUT2D eigenvalue weighted by Crippen LogP contribution is 2.23. The average Bonchev–Trinajstić information content (AvgIpc) is 2.44. The van der Waals surface area contributed by atoms with E-state index in [1.54, 1.807) is 26.8 Å². The van der Waals surface area contributed by atoms with Crippen molar-refractivity contribution in [2.24, 2.45) is 0 Å². The van der Waals surface area contributed by atoms with Gasteiger partial charge >= 0.3 is 12.1 Å². The Morgan fingerprint density at radius 2 is 1.91 bits per heavy atom. The second kappa shape index (κ2) is 7.80. The predicted octanol–water partition coefficient (Wildman–Crippen LogP) is 2.44. The Kier molecular flexibility index (Phi) is 6.36. The molecule has 0 heterocycles. The second-order valence-corrected chi connectivity index (χ2v) is 5.86. The van der Waals surface area contributed by atoms with Gasteiger partial charge in [0, 0.05) is 6.42 Å². The lowest BCUT2D eigenvalue weighted by atomic mass is 10.0. The molecular formula is C16H22FNO5. The zero-order chi connectivity index (χ0) is 17.6. The van der Waals surface area contributed by atoms with Gasteiger partial charge in [0.1, 0.15) is 11.6 Å². The van der Waals surface area contributed by atoms with Gasteiger partial charge in [-0.05, 0) is 32.4 Å². The molecule has 0 spiro atoms. The SMILES string of the molecule is COC(=O)C(Cc1cccc([18F])c1OC)NC(=O)OC(C)(C)C. The van der Waals surface area contributed by atoms with Crippen LogP contribution in [0.2, 0.25) is 0 Å². The van der Waals surface area contributed by atoms with Crippen molar-refractivity contribution in [1.29, 1.82) is 0 Å². The highest BCUT2D eigenvalue weighted by molar-refractivity contribution is 5.81. The molecule has 0 aliphatic carbocycles. The first-order valence-corrected chi connectivity index (χ1v) is 7.06. The molecule has 0 fully saturated rings. The van der Waals surface area contributed by atoms with Gasteiger partial charge < -0.3 is 19.5 Å². The number of esters is 1. The van der Waals surface area contributed by atoms with Gasteiger partial charge in [-0.25, -0.2) is 14.0 Å². The molecule has 6 nitrogen and oxygen atoms in total. The number of alkyl carbamates (subject to hydrolysis) is 1. The van der Waals surface area contributed by atoms with Crippen LogP contribution in [0.5, 0.6) is 5.75 Å². The number of methoxy groups -OCH3 is 2. The van der Waals surface area contributed by atoms with E-state index in [9.17, 15) is 14.0 Å². The van der Waals surface area contributed by atoms with Crippen molar-refractivity contribution in [1.82, 2.24) is 5.32 Å². The molecule has 1 aromatic rings. The van der Waals surface area contributed by atoms with Crippen LogP contribution < -0.4 is 10.1 Å². The number of hydrogen-bond donors (Lipinski definition) is 1. The van der Waals surface area contributed by atoms with E-state index in [1.165, 1.54) is 26.4 Å². The third-order valence-corrected chi connectivity index (χ3v) is 2.85. The lowest BCUT2D eigenvalue weighted by Crippen LogP contribution is -2.45. The standard InChI is InChI=1S/C16H22FNO5/c1-16(2,3)23-15(20)18-12(14(19)22-5)9-10-7-6-8-11(17)13(10)21-4/h6-8,12H,9H2,1-5H3,(H,18,20)/i17-1. The molecule has 7 heteroatoms. The fraction of sp³-hybridized carbons (Fsp3) is 0.500. The van der Waals surface area contributed by atoms with E-state index in [4.69, 9.17) is 9.47 Å². The third kappa shape index (κ3) is 5.77. The molecule has 0 bridgehead atoms. The number of carbonyl (C=O) groups excluding carboxylic acids is 2. The zero-order valence-corrected chi connectivity index (χ0v) is 13.9. The third-order valence-electron chi connectivity index (χ3n) is 2.85. The van der Waals surface area contributed by atoms with Crippen molar-refractivity contribution >= 4 is 12.1 Å². The monoisotopic (exact) mass is 326 g/mol. The van der Waals surface area contributed by atoms with Gasteiger partial charge in [0.05, 0.1) is 14.2 Å². The van der Waals surface area contributed by atoms with Gasteiger partial charge in [-0.2, -0.15) is 0 Å². The molecule has 1 rings (SSSR count). The van der Waals surface area contributed by atoms with E-state index in [-0.39, 0.29) is 12.2 Å². The van der Waals surface area contributed by atoms with E-state index in [0.29, 0.717) is 5.56 Å². The molecular weight excluding hydrogens is 304 g/mol. The van der Waals surface area contributed by atoms with Gasteiger partial charge in [0.25, 0.3) is 0 Å². The molecule has 1 aromatic carbocycles. The van der Waals surface area contributed by atoms with Crippen LogP contribution in [0.15, 0.2) is 18.2 Å².